The van der Waals surface area contributed by atoms with Crippen LogP contribution in [0.2, 0.25) is 0 Å². The second kappa shape index (κ2) is 7.14. The number of benzene rings is 2. The van der Waals surface area contributed by atoms with Crippen molar-refractivity contribution in [3.05, 3.63) is 66.0 Å². The molecule has 1 aromatic heterocycles. The van der Waals surface area contributed by atoms with Crippen molar-refractivity contribution in [2.24, 2.45) is 5.10 Å². The number of tetrazole rings is 1. The molecule has 0 aliphatic heterocycles. The first-order valence-corrected chi connectivity index (χ1v) is 7.07. The molecule has 2 aromatic carbocycles. The molecule has 0 spiro atoms. The van der Waals surface area contributed by atoms with Crippen molar-refractivity contribution < 1.29 is 9.53 Å². The maximum Gasteiger partial charge on any atom is 0.271 e. The summed E-state index contributed by atoms with van der Waals surface area (Å²) >= 11 is 0. The smallest absolute Gasteiger partial charge is 0.271 e. The molecule has 24 heavy (non-hydrogen) atoms. The highest BCUT2D eigenvalue weighted by molar-refractivity contribution is 5.95. The maximum atomic E-state index is 12.0. The first kappa shape index (κ1) is 15.3. The molecule has 1 amide bonds. The van der Waals surface area contributed by atoms with E-state index in [1.54, 1.807) is 37.6 Å². The largest absolute Gasteiger partial charge is 0.497 e. The Morgan fingerprint density at radius 1 is 1.17 bits per heavy atom. The van der Waals surface area contributed by atoms with Crippen LogP contribution in [0.1, 0.15) is 15.9 Å². The normalized spacial score (nSPS) is 10.7. The summed E-state index contributed by atoms with van der Waals surface area (Å²) in [4.78, 5) is 12.0. The van der Waals surface area contributed by atoms with E-state index in [4.69, 9.17) is 4.74 Å². The Morgan fingerprint density at radius 3 is 2.54 bits per heavy atom. The van der Waals surface area contributed by atoms with E-state index in [1.807, 2.05) is 24.3 Å². The predicted octanol–water partition coefficient (Wildman–Crippen LogP) is 1.43. The zero-order valence-electron chi connectivity index (χ0n) is 12.8. The van der Waals surface area contributed by atoms with Gasteiger partial charge in [0.05, 0.1) is 19.0 Å². The molecule has 0 atom stereocenters. The number of nitrogens with one attached hydrogen (secondary N) is 1. The van der Waals surface area contributed by atoms with Crippen molar-refractivity contribution in [3.8, 4) is 11.4 Å². The van der Waals surface area contributed by atoms with Gasteiger partial charge in [-0.1, -0.05) is 0 Å². The molecular formula is C16H14N6O2. The predicted molar refractivity (Wildman–Crippen MR) is 87.2 cm³/mol. The van der Waals surface area contributed by atoms with Crippen LogP contribution in [0, 0.1) is 0 Å². The van der Waals surface area contributed by atoms with E-state index in [1.165, 1.54) is 11.0 Å². The van der Waals surface area contributed by atoms with Gasteiger partial charge in [0.15, 0.2) is 0 Å². The number of rotatable bonds is 5. The number of hydrogen-bond donors (Lipinski definition) is 1. The summed E-state index contributed by atoms with van der Waals surface area (Å²) in [6.07, 6.45) is 3.04. The van der Waals surface area contributed by atoms with Gasteiger partial charge in [-0.3, -0.25) is 4.79 Å². The molecule has 0 bridgehead atoms. The van der Waals surface area contributed by atoms with Crippen LogP contribution in [0.3, 0.4) is 0 Å². The van der Waals surface area contributed by atoms with E-state index in [0.29, 0.717) is 5.56 Å². The zero-order valence-corrected chi connectivity index (χ0v) is 12.8. The standard InChI is InChI=1S/C16H14N6O2/c1-24-15-8-2-12(3-9-15)10-17-19-16(23)13-4-6-14(7-5-13)22-11-18-20-21-22/h2-11H,1H3,(H,19,23)/b17-10-. The SMILES string of the molecule is COc1ccc(/C=N\NC(=O)c2ccc(-n3cnnn3)cc2)cc1. The lowest BCUT2D eigenvalue weighted by Crippen LogP contribution is -2.17. The molecule has 8 nitrogen and oxygen atoms in total. The lowest BCUT2D eigenvalue weighted by Gasteiger charge is -2.02. The second-order valence-corrected chi connectivity index (χ2v) is 4.77. The van der Waals surface area contributed by atoms with Crippen molar-refractivity contribution >= 4 is 12.1 Å². The molecule has 0 fully saturated rings. The lowest BCUT2D eigenvalue weighted by molar-refractivity contribution is 0.0955. The molecule has 0 saturated carbocycles. The third kappa shape index (κ3) is 3.61. The van der Waals surface area contributed by atoms with Crippen molar-refractivity contribution in [2.75, 3.05) is 7.11 Å². The number of hydrazone groups is 1. The highest BCUT2D eigenvalue weighted by Crippen LogP contribution is 2.10. The zero-order chi connectivity index (χ0) is 16.8. The number of amides is 1. The van der Waals surface area contributed by atoms with Crippen LogP contribution < -0.4 is 10.2 Å². The van der Waals surface area contributed by atoms with E-state index in [9.17, 15) is 4.79 Å². The van der Waals surface area contributed by atoms with E-state index in [-0.39, 0.29) is 5.91 Å². The summed E-state index contributed by atoms with van der Waals surface area (Å²) in [5.74, 6) is 0.460. The molecule has 0 unspecified atom stereocenters. The molecule has 0 saturated heterocycles. The number of aromatic nitrogens is 4. The summed E-state index contributed by atoms with van der Waals surface area (Å²) in [6.45, 7) is 0. The molecule has 0 aliphatic carbocycles. The molecule has 0 aliphatic rings. The Kier molecular flexibility index (Phi) is 4.57. The molecule has 3 aromatic rings. The van der Waals surface area contributed by atoms with Gasteiger partial charge in [0.25, 0.3) is 5.91 Å². The molecule has 0 radical (unpaired) electrons. The monoisotopic (exact) mass is 322 g/mol. The van der Waals surface area contributed by atoms with Crippen molar-refractivity contribution in [1.82, 2.24) is 25.6 Å². The van der Waals surface area contributed by atoms with Crippen molar-refractivity contribution in [1.29, 1.82) is 0 Å². The first-order valence-electron chi connectivity index (χ1n) is 7.07. The van der Waals surface area contributed by atoms with Gasteiger partial charge in [-0.2, -0.15) is 5.10 Å². The number of nitrogens with zero attached hydrogens (tertiary/aromatic N) is 5. The van der Waals surface area contributed by atoms with Crippen LogP contribution in [0.25, 0.3) is 5.69 Å². The molecule has 8 heteroatoms. The van der Waals surface area contributed by atoms with Gasteiger partial charge in [0, 0.05) is 5.56 Å². The summed E-state index contributed by atoms with van der Waals surface area (Å²) in [5, 5.41) is 14.8. The summed E-state index contributed by atoms with van der Waals surface area (Å²) in [6, 6.07) is 14.2. The Labute approximate surface area is 137 Å². The fraction of sp³-hybridized carbons (Fsp3) is 0.0625. The van der Waals surface area contributed by atoms with Gasteiger partial charge in [0.1, 0.15) is 12.1 Å². The molecule has 3 rings (SSSR count). The second-order valence-electron chi connectivity index (χ2n) is 4.77. The Balaban J connectivity index is 1.61. The van der Waals surface area contributed by atoms with Crippen LogP contribution in [0.5, 0.6) is 5.75 Å². The fourth-order valence-corrected chi connectivity index (χ4v) is 1.97. The van der Waals surface area contributed by atoms with E-state index in [0.717, 1.165) is 17.0 Å². The number of carbonyl (C=O) groups excluding carboxylic acids is 1. The Bertz CT molecular complexity index is 826. The van der Waals surface area contributed by atoms with E-state index >= 15 is 0 Å². The quantitative estimate of drug-likeness (QED) is 0.566. The average molecular weight is 322 g/mol. The number of ether oxygens (including phenoxy) is 1. The summed E-state index contributed by atoms with van der Waals surface area (Å²) in [7, 11) is 1.61. The van der Waals surface area contributed by atoms with Crippen LogP contribution in [-0.2, 0) is 0 Å². The van der Waals surface area contributed by atoms with Gasteiger partial charge in [-0.25, -0.2) is 10.1 Å². The molecule has 1 N–H and O–H groups in total. The van der Waals surface area contributed by atoms with Crippen LogP contribution >= 0.6 is 0 Å². The topological polar surface area (TPSA) is 94.3 Å². The minimum Gasteiger partial charge on any atom is -0.497 e. The minimum absolute atomic E-state index is 0.303. The Hall–Kier alpha value is -3.55. The lowest BCUT2D eigenvalue weighted by atomic mass is 10.2. The van der Waals surface area contributed by atoms with E-state index in [2.05, 4.69) is 26.1 Å². The summed E-state index contributed by atoms with van der Waals surface area (Å²) in [5.41, 5.74) is 4.58. The number of carbonyl (C=O) groups is 1. The van der Waals surface area contributed by atoms with E-state index < -0.39 is 0 Å². The van der Waals surface area contributed by atoms with Gasteiger partial charge in [-0.05, 0) is 64.5 Å². The van der Waals surface area contributed by atoms with Crippen molar-refractivity contribution in [2.45, 2.75) is 0 Å². The summed E-state index contributed by atoms with van der Waals surface area (Å²) < 4.78 is 6.58. The van der Waals surface area contributed by atoms with Crippen LogP contribution in [0.4, 0.5) is 0 Å². The van der Waals surface area contributed by atoms with Gasteiger partial charge in [-0.15, -0.1) is 5.10 Å². The number of hydrogen-bond acceptors (Lipinski definition) is 6. The Morgan fingerprint density at radius 2 is 1.92 bits per heavy atom. The molecule has 1 heterocycles. The van der Waals surface area contributed by atoms with Gasteiger partial charge >= 0.3 is 0 Å². The minimum atomic E-state index is -0.303. The fourth-order valence-electron chi connectivity index (χ4n) is 1.97. The first-order chi connectivity index (χ1) is 11.8. The van der Waals surface area contributed by atoms with Crippen LogP contribution in [0.15, 0.2) is 60.0 Å². The highest BCUT2D eigenvalue weighted by Gasteiger charge is 2.05. The molecular weight excluding hydrogens is 308 g/mol. The van der Waals surface area contributed by atoms with Crippen LogP contribution in [-0.4, -0.2) is 39.4 Å². The third-order valence-corrected chi connectivity index (χ3v) is 3.24. The highest BCUT2D eigenvalue weighted by atomic mass is 16.5. The molecule has 120 valence electrons. The van der Waals surface area contributed by atoms with Gasteiger partial charge < -0.3 is 4.74 Å². The average Bonchev–Trinajstić information content (AvgIpc) is 3.17. The van der Waals surface area contributed by atoms with Crippen molar-refractivity contribution in [3.63, 3.8) is 0 Å². The maximum absolute atomic E-state index is 12.0. The number of methoxy groups -OCH3 is 1. The van der Waals surface area contributed by atoms with Gasteiger partial charge in [0.2, 0.25) is 0 Å². The third-order valence-electron chi connectivity index (χ3n) is 3.24.